The third-order valence-electron chi connectivity index (χ3n) is 2.41. The van der Waals surface area contributed by atoms with Crippen LogP contribution < -0.4 is 5.73 Å². The number of halogens is 1. The number of carbonyl (C=O) groups excluding carboxylic acids is 1. The van der Waals surface area contributed by atoms with Crippen molar-refractivity contribution >= 4 is 32.6 Å². The molecule has 0 bridgehead atoms. The number of nitrogens with two attached hydrogens (primary N) is 1. The van der Waals surface area contributed by atoms with Gasteiger partial charge in [-0.3, -0.25) is 4.79 Å². The highest BCUT2D eigenvalue weighted by Crippen LogP contribution is 2.25. The number of aromatic amines is 1. The van der Waals surface area contributed by atoms with Crippen LogP contribution in [0.15, 0.2) is 22.7 Å². The molecule has 15 heavy (non-hydrogen) atoms. The van der Waals surface area contributed by atoms with E-state index in [9.17, 15) is 4.79 Å². The molecule has 1 heterocycles. The molecule has 0 spiro atoms. The number of aryl methyl sites for hydroxylation is 1. The molecule has 1 aromatic carbocycles. The second kappa shape index (κ2) is 3.79. The fourth-order valence-electron chi connectivity index (χ4n) is 1.77. The van der Waals surface area contributed by atoms with Crippen molar-refractivity contribution in [1.29, 1.82) is 0 Å². The van der Waals surface area contributed by atoms with Gasteiger partial charge in [-0.2, -0.15) is 0 Å². The smallest absolute Gasteiger partial charge is 0.178 e. The van der Waals surface area contributed by atoms with Crippen molar-refractivity contribution < 1.29 is 4.79 Å². The number of ketones is 1. The third kappa shape index (κ3) is 1.70. The number of hydrogen-bond donors (Lipinski definition) is 2. The minimum absolute atomic E-state index is 0.0268. The van der Waals surface area contributed by atoms with Gasteiger partial charge in [0.05, 0.1) is 6.54 Å². The molecule has 0 atom stereocenters. The number of hydrogen-bond acceptors (Lipinski definition) is 2. The van der Waals surface area contributed by atoms with Crippen LogP contribution in [0.1, 0.15) is 16.1 Å². The highest BCUT2D eigenvalue weighted by molar-refractivity contribution is 9.10. The average molecular weight is 267 g/mol. The first kappa shape index (κ1) is 10.4. The number of rotatable bonds is 2. The summed E-state index contributed by atoms with van der Waals surface area (Å²) in [5.41, 5.74) is 7.92. The average Bonchev–Trinajstić information content (AvgIpc) is 2.52. The van der Waals surface area contributed by atoms with Crippen LogP contribution in [0, 0.1) is 6.92 Å². The van der Waals surface area contributed by atoms with E-state index in [4.69, 9.17) is 5.73 Å². The van der Waals surface area contributed by atoms with Crippen molar-refractivity contribution in [3.05, 3.63) is 33.9 Å². The fourth-order valence-corrected chi connectivity index (χ4v) is 2.13. The van der Waals surface area contributed by atoms with Crippen molar-refractivity contribution in [2.45, 2.75) is 6.92 Å². The van der Waals surface area contributed by atoms with Gasteiger partial charge in [-0.15, -0.1) is 0 Å². The summed E-state index contributed by atoms with van der Waals surface area (Å²) in [5, 5.41) is 0.936. The van der Waals surface area contributed by atoms with Gasteiger partial charge in [0, 0.05) is 26.6 Å². The maximum Gasteiger partial charge on any atom is 0.178 e. The van der Waals surface area contributed by atoms with Gasteiger partial charge in [-0.1, -0.05) is 22.0 Å². The summed E-state index contributed by atoms with van der Waals surface area (Å²) in [5.74, 6) is -0.0268. The number of carbonyl (C=O) groups is 1. The highest BCUT2D eigenvalue weighted by Gasteiger charge is 2.14. The Morgan fingerprint density at radius 2 is 2.27 bits per heavy atom. The van der Waals surface area contributed by atoms with E-state index in [0.29, 0.717) is 5.56 Å². The molecular weight excluding hydrogens is 256 g/mol. The van der Waals surface area contributed by atoms with Crippen molar-refractivity contribution in [1.82, 2.24) is 4.98 Å². The maximum atomic E-state index is 11.6. The summed E-state index contributed by atoms with van der Waals surface area (Å²) in [4.78, 5) is 14.8. The van der Waals surface area contributed by atoms with Crippen molar-refractivity contribution in [3.8, 4) is 0 Å². The Morgan fingerprint density at radius 3 is 2.93 bits per heavy atom. The number of aromatic nitrogens is 1. The van der Waals surface area contributed by atoms with E-state index in [1.807, 2.05) is 25.1 Å². The zero-order chi connectivity index (χ0) is 11.0. The zero-order valence-corrected chi connectivity index (χ0v) is 9.89. The molecule has 1 aromatic heterocycles. The maximum absolute atomic E-state index is 11.6. The van der Waals surface area contributed by atoms with Gasteiger partial charge < -0.3 is 10.7 Å². The normalized spacial score (nSPS) is 10.9. The molecular formula is C11H11BrN2O. The predicted molar refractivity (Wildman–Crippen MR) is 64.1 cm³/mol. The molecule has 78 valence electrons. The van der Waals surface area contributed by atoms with E-state index in [-0.39, 0.29) is 12.3 Å². The van der Waals surface area contributed by atoms with E-state index < -0.39 is 0 Å². The number of Topliss-reactive ketones (excluding diaryl/α,β-unsaturated/α-hetero) is 1. The molecule has 0 aliphatic carbocycles. The Hall–Kier alpha value is -1.13. The number of nitrogens with one attached hydrogen (secondary N) is 1. The van der Waals surface area contributed by atoms with Crippen molar-refractivity contribution in [3.63, 3.8) is 0 Å². The quantitative estimate of drug-likeness (QED) is 0.821. The summed E-state index contributed by atoms with van der Waals surface area (Å²) in [6.45, 7) is 1.93. The van der Waals surface area contributed by atoms with Crippen LogP contribution in [0.5, 0.6) is 0 Å². The summed E-state index contributed by atoms with van der Waals surface area (Å²) < 4.78 is 0.989. The van der Waals surface area contributed by atoms with E-state index in [1.54, 1.807) is 0 Å². The molecule has 0 fully saturated rings. The van der Waals surface area contributed by atoms with Crippen LogP contribution in [-0.2, 0) is 0 Å². The van der Waals surface area contributed by atoms with Crippen LogP contribution in [0.3, 0.4) is 0 Å². The third-order valence-corrected chi connectivity index (χ3v) is 2.91. The molecule has 2 rings (SSSR count). The molecule has 3 N–H and O–H groups in total. The second-order valence-corrected chi connectivity index (χ2v) is 4.36. The predicted octanol–water partition coefficient (Wildman–Crippen LogP) is 2.38. The molecule has 0 saturated carbocycles. The fraction of sp³-hybridized carbons (Fsp3) is 0.182. The molecule has 0 aliphatic heterocycles. The van der Waals surface area contributed by atoms with Gasteiger partial charge in [-0.25, -0.2) is 0 Å². The minimum Gasteiger partial charge on any atom is -0.358 e. The molecule has 0 aliphatic rings. The lowest BCUT2D eigenvalue weighted by Gasteiger charge is -1.97. The first-order chi connectivity index (χ1) is 7.13. The first-order valence-corrected chi connectivity index (χ1v) is 5.44. The Kier molecular flexibility index (Phi) is 2.63. The van der Waals surface area contributed by atoms with Gasteiger partial charge in [0.15, 0.2) is 5.78 Å². The molecule has 0 amide bonds. The van der Waals surface area contributed by atoms with Crippen molar-refractivity contribution in [2.24, 2.45) is 5.73 Å². The van der Waals surface area contributed by atoms with Crippen LogP contribution in [0.4, 0.5) is 0 Å². The van der Waals surface area contributed by atoms with Crippen molar-refractivity contribution in [2.75, 3.05) is 6.54 Å². The van der Waals surface area contributed by atoms with Crippen LogP contribution in [0.25, 0.3) is 10.9 Å². The van der Waals surface area contributed by atoms with E-state index >= 15 is 0 Å². The Bertz CT molecular complexity index is 531. The standard InChI is InChI=1S/C11H11BrN2O/c1-6-11(10(15)5-13)8-3-2-7(12)4-9(8)14-6/h2-4,14H,5,13H2,1H3. The number of H-pyrrole nitrogens is 1. The van der Waals surface area contributed by atoms with Crippen LogP contribution >= 0.6 is 15.9 Å². The Balaban J connectivity index is 2.73. The monoisotopic (exact) mass is 266 g/mol. The summed E-state index contributed by atoms with van der Waals surface area (Å²) in [6.07, 6.45) is 0. The van der Waals surface area contributed by atoms with Crippen LogP contribution in [-0.4, -0.2) is 17.3 Å². The lowest BCUT2D eigenvalue weighted by Crippen LogP contribution is -2.14. The molecule has 0 radical (unpaired) electrons. The highest BCUT2D eigenvalue weighted by atomic mass is 79.9. The van der Waals surface area contributed by atoms with Gasteiger partial charge in [0.2, 0.25) is 0 Å². The minimum atomic E-state index is -0.0268. The largest absolute Gasteiger partial charge is 0.358 e. The SMILES string of the molecule is Cc1[nH]c2cc(Br)ccc2c1C(=O)CN. The van der Waals surface area contributed by atoms with E-state index in [1.165, 1.54) is 0 Å². The van der Waals surface area contributed by atoms with E-state index in [2.05, 4.69) is 20.9 Å². The molecule has 4 heteroatoms. The lowest BCUT2D eigenvalue weighted by molar-refractivity contribution is 0.100. The van der Waals surface area contributed by atoms with Gasteiger partial charge in [0.25, 0.3) is 0 Å². The number of benzene rings is 1. The molecule has 0 saturated heterocycles. The summed E-state index contributed by atoms with van der Waals surface area (Å²) in [7, 11) is 0. The van der Waals surface area contributed by atoms with Gasteiger partial charge in [0.1, 0.15) is 0 Å². The zero-order valence-electron chi connectivity index (χ0n) is 8.30. The van der Waals surface area contributed by atoms with Gasteiger partial charge >= 0.3 is 0 Å². The molecule has 0 unspecified atom stereocenters. The second-order valence-electron chi connectivity index (χ2n) is 3.44. The Labute approximate surface area is 95.8 Å². The lowest BCUT2D eigenvalue weighted by atomic mass is 10.1. The summed E-state index contributed by atoms with van der Waals surface area (Å²) >= 11 is 3.39. The summed E-state index contributed by atoms with van der Waals surface area (Å²) in [6, 6.07) is 5.80. The molecule has 3 nitrogen and oxygen atoms in total. The van der Waals surface area contributed by atoms with Gasteiger partial charge in [-0.05, 0) is 19.1 Å². The number of fused-ring (bicyclic) bond motifs is 1. The Morgan fingerprint density at radius 1 is 1.53 bits per heavy atom. The van der Waals surface area contributed by atoms with E-state index in [0.717, 1.165) is 21.1 Å². The van der Waals surface area contributed by atoms with Crippen LogP contribution in [0.2, 0.25) is 0 Å². The molecule has 2 aromatic rings. The first-order valence-electron chi connectivity index (χ1n) is 4.64. The topological polar surface area (TPSA) is 58.9 Å².